The number of aromatic nitrogens is 3. The van der Waals surface area contributed by atoms with Gasteiger partial charge in [0.15, 0.2) is 0 Å². The van der Waals surface area contributed by atoms with Crippen molar-refractivity contribution >= 4 is 5.97 Å². The smallest absolute Gasteiger partial charge is 0.303 e. The number of rotatable bonds is 5. The van der Waals surface area contributed by atoms with E-state index >= 15 is 0 Å². The van der Waals surface area contributed by atoms with Gasteiger partial charge in [0.05, 0.1) is 11.9 Å². The third kappa shape index (κ3) is 3.37. The highest BCUT2D eigenvalue weighted by molar-refractivity contribution is 5.66. The van der Waals surface area contributed by atoms with Gasteiger partial charge in [-0.25, -0.2) is 0 Å². The predicted molar refractivity (Wildman–Crippen MR) is 67.7 cm³/mol. The van der Waals surface area contributed by atoms with Gasteiger partial charge in [0, 0.05) is 11.8 Å². The number of benzene rings is 1. The number of carbonyl (C=O) groups excluding carboxylic acids is 1. The summed E-state index contributed by atoms with van der Waals surface area (Å²) in [5.74, 6) is -0.605. The molecular weight excluding hydrogens is 264 g/mol. The molecule has 1 heterocycles. The van der Waals surface area contributed by atoms with E-state index in [1.165, 1.54) is 17.9 Å². The van der Waals surface area contributed by atoms with Crippen LogP contribution in [-0.4, -0.2) is 32.4 Å². The van der Waals surface area contributed by atoms with E-state index in [0.717, 1.165) is 0 Å². The molecule has 1 unspecified atom stereocenters. The van der Waals surface area contributed by atoms with Crippen LogP contribution in [0, 0.1) is 10.1 Å². The van der Waals surface area contributed by atoms with Gasteiger partial charge in [0.25, 0.3) is 0 Å². The van der Waals surface area contributed by atoms with Crippen LogP contribution in [0.1, 0.15) is 18.7 Å². The van der Waals surface area contributed by atoms with Crippen LogP contribution in [-0.2, 0) is 9.53 Å². The number of para-hydroxylation sites is 1. The molecule has 0 amide bonds. The largest absolute Gasteiger partial charge is 0.449 e. The van der Waals surface area contributed by atoms with Gasteiger partial charge in [-0.15, -0.1) is 5.10 Å². The molecule has 0 bridgehead atoms. The summed E-state index contributed by atoms with van der Waals surface area (Å²) in [4.78, 5) is 22.4. The third-order valence-corrected chi connectivity index (χ3v) is 2.45. The number of nitro groups is 1. The lowest BCUT2D eigenvalue weighted by molar-refractivity contribution is -0.491. The molecule has 0 fully saturated rings. The molecule has 0 aliphatic carbocycles. The van der Waals surface area contributed by atoms with Gasteiger partial charge >= 0.3 is 5.97 Å². The summed E-state index contributed by atoms with van der Waals surface area (Å²) in [7, 11) is 0. The Morgan fingerprint density at radius 3 is 2.75 bits per heavy atom. The van der Waals surface area contributed by atoms with Gasteiger partial charge < -0.3 is 4.74 Å². The molecule has 20 heavy (non-hydrogen) atoms. The van der Waals surface area contributed by atoms with Crippen LogP contribution in [0.5, 0.6) is 0 Å². The maximum absolute atomic E-state index is 11.0. The monoisotopic (exact) mass is 276 g/mol. The first-order chi connectivity index (χ1) is 9.56. The summed E-state index contributed by atoms with van der Waals surface area (Å²) < 4.78 is 4.90. The van der Waals surface area contributed by atoms with Gasteiger partial charge in [-0.2, -0.15) is 9.90 Å². The molecule has 1 aromatic carbocycles. The fraction of sp³-hybridized carbons (Fsp3) is 0.250. The van der Waals surface area contributed by atoms with E-state index in [1.54, 1.807) is 12.1 Å². The number of esters is 1. The van der Waals surface area contributed by atoms with E-state index in [2.05, 4.69) is 10.2 Å². The van der Waals surface area contributed by atoms with Crippen molar-refractivity contribution in [1.82, 2.24) is 15.0 Å². The normalized spacial score (nSPS) is 11.8. The van der Waals surface area contributed by atoms with Gasteiger partial charge in [0.1, 0.15) is 5.69 Å². The van der Waals surface area contributed by atoms with Crippen molar-refractivity contribution in [2.24, 2.45) is 0 Å². The van der Waals surface area contributed by atoms with Crippen molar-refractivity contribution in [3.63, 3.8) is 0 Å². The van der Waals surface area contributed by atoms with E-state index in [9.17, 15) is 14.9 Å². The molecule has 104 valence electrons. The minimum atomic E-state index is -1.04. The molecule has 2 aromatic rings. The highest BCUT2D eigenvalue weighted by atomic mass is 16.6. The number of hydrogen-bond acceptors (Lipinski definition) is 6. The zero-order valence-corrected chi connectivity index (χ0v) is 10.7. The number of hydrogen-bond donors (Lipinski definition) is 0. The van der Waals surface area contributed by atoms with Gasteiger partial charge in [-0.05, 0) is 12.1 Å². The van der Waals surface area contributed by atoms with Crippen LogP contribution in [0.4, 0.5) is 0 Å². The standard InChI is InChI=1S/C12H12N4O4/c1-9(17)20-12(8-15(18)19)11-7-13-16(14-11)10-5-3-2-4-6-10/h2-7,12H,8H2,1H3. The van der Waals surface area contributed by atoms with Gasteiger partial charge in [0.2, 0.25) is 12.6 Å². The summed E-state index contributed by atoms with van der Waals surface area (Å²) >= 11 is 0. The lowest BCUT2D eigenvalue weighted by atomic mass is 10.3. The van der Waals surface area contributed by atoms with Crippen LogP contribution < -0.4 is 0 Å². The summed E-state index contributed by atoms with van der Waals surface area (Å²) in [6.07, 6.45) is 0.310. The van der Waals surface area contributed by atoms with E-state index in [1.807, 2.05) is 18.2 Å². The summed E-state index contributed by atoms with van der Waals surface area (Å²) in [5, 5.41) is 18.7. The van der Waals surface area contributed by atoms with Crippen molar-refractivity contribution < 1.29 is 14.5 Å². The van der Waals surface area contributed by atoms with E-state index in [0.29, 0.717) is 5.69 Å². The molecule has 2 rings (SSSR count). The predicted octanol–water partition coefficient (Wildman–Crippen LogP) is 1.15. The molecule has 1 atom stereocenters. The second-order valence-electron chi connectivity index (χ2n) is 4.01. The third-order valence-electron chi connectivity index (χ3n) is 2.45. The highest BCUT2D eigenvalue weighted by Gasteiger charge is 2.24. The second kappa shape index (κ2) is 5.91. The van der Waals surface area contributed by atoms with Crippen molar-refractivity contribution in [2.45, 2.75) is 13.0 Å². The number of ether oxygens (including phenoxy) is 1. The van der Waals surface area contributed by atoms with Crippen molar-refractivity contribution in [3.05, 3.63) is 52.3 Å². The Morgan fingerprint density at radius 2 is 2.15 bits per heavy atom. The van der Waals surface area contributed by atoms with Crippen LogP contribution >= 0.6 is 0 Å². The molecule has 0 radical (unpaired) electrons. The summed E-state index contributed by atoms with van der Waals surface area (Å²) in [5.41, 5.74) is 0.946. The average Bonchev–Trinajstić information content (AvgIpc) is 2.87. The molecule has 8 nitrogen and oxygen atoms in total. The molecule has 0 saturated heterocycles. The molecule has 0 spiro atoms. The first kappa shape index (κ1) is 13.7. The van der Waals surface area contributed by atoms with Crippen LogP contribution in [0.2, 0.25) is 0 Å². The lowest BCUT2D eigenvalue weighted by Gasteiger charge is -2.09. The Bertz CT molecular complexity index is 595. The molecule has 0 N–H and O–H groups in total. The Balaban J connectivity index is 2.24. The number of nitrogens with zero attached hydrogens (tertiary/aromatic N) is 4. The maximum atomic E-state index is 11.0. The first-order valence-corrected chi connectivity index (χ1v) is 5.83. The highest BCUT2D eigenvalue weighted by Crippen LogP contribution is 2.16. The Labute approximate surface area is 114 Å². The first-order valence-electron chi connectivity index (χ1n) is 5.83. The van der Waals surface area contributed by atoms with Crippen LogP contribution in [0.15, 0.2) is 36.5 Å². The fourth-order valence-corrected chi connectivity index (χ4v) is 1.64. The molecule has 8 heteroatoms. The number of carbonyl (C=O) groups is 1. The average molecular weight is 276 g/mol. The summed E-state index contributed by atoms with van der Waals surface area (Å²) in [6, 6.07) is 9.07. The molecule has 0 aliphatic rings. The zero-order chi connectivity index (χ0) is 14.5. The van der Waals surface area contributed by atoms with E-state index < -0.39 is 23.5 Å². The molecule has 0 aliphatic heterocycles. The van der Waals surface area contributed by atoms with Crippen LogP contribution in [0.25, 0.3) is 5.69 Å². The molecular formula is C12H12N4O4. The SMILES string of the molecule is CC(=O)OC(C[N+](=O)[O-])c1cnn(-c2ccccc2)n1. The topological polar surface area (TPSA) is 100 Å². The quantitative estimate of drug-likeness (QED) is 0.461. The van der Waals surface area contributed by atoms with Crippen LogP contribution in [0.3, 0.4) is 0 Å². The lowest BCUT2D eigenvalue weighted by Crippen LogP contribution is -2.18. The van der Waals surface area contributed by atoms with Crippen molar-refractivity contribution in [1.29, 1.82) is 0 Å². The fourth-order valence-electron chi connectivity index (χ4n) is 1.64. The van der Waals surface area contributed by atoms with Gasteiger partial charge in [-0.1, -0.05) is 18.2 Å². The second-order valence-corrected chi connectivity index (χ2v) is 4.01. The molecule has 0 saturated carbocycles. The Morgan fingerprint density at radius 1 is 1.45 bits per heavy atom. The maximum Gasteiger partial charge on any atom is 0.303 e. The zero-order valence-electron chi connectivity index (χ0n) is 10.7. The van der Waals surface area contributed by atoms with Crippen molar-refractivity contribution in [3.8, 4) is 5.69 Å². The van der Waals surface area contributed by atoms with Crippen molar-refractivity contribution in [2.75, 3.05) is 6.54 Å². The molecule has 1 aromatic heterocycles. The van der Waals surface area contributed by atoms with Gasteiger partial charge in [-0.3, -0.25) is 14.9 Å². The minimum absolute atomic E-state index is 0.237. The van der Waals surface area contributed by atoms with E-state index in [4.69, 9.17) is 4.74 Å². The summed E-state index contributed by atoms with van der Waals surface area (Å²) in [6.45, 7) is 0.641. The minimum Gasteiger partial charge on any atom is -0.449 e. The van der Waals surface area contributed by atoms with E-state index in [-0.39, 0.29) is 5.69 Å². The Hall–Kier alpha value is -2.77. The Kier molecular flexibility index (Phi) is 4.04.